The third-order valence-corrected chi connectivity index (χ3v) is 4.67. The number of amides is 1. The van der Waals surface area contributed by atoms with E-state index in [4.69, 9.17) is 0 Å². The van der Waals surface area contributed by atoms with Gasteiger partial charge in [0.15, 0.2) is 0 Å². The number of nitrogens with one attached hydrogen (secondary N) is 1. The first-order chi connectivity index (χ1) is 9.41. The summed E-state index contributed by atoms with van der Waals surface area (Å²) in [6.45, 7) is 4.59. The number of carboxylic acids is 1. The molecule has 2 rings (SSSR count). The lowest BCUT2D eigenvalue weighted by Gasteiger charge is -2.30. The summed E-state index contributed by atoms with van der Waals surface area (Å²) < 4.78 is 4.05. The van der Waals surface area contributed by atoms with Gasteiger partial charge in [-0.1, -0.05) is 6.92 Å². The van der Waals surface area contributed by atoms with E-state index in [0.29, 0.717) is 16.6 Å². The molecule has 20 heavy (non-hydrogen) atoms. The van der Waals surface area contributed by atoms with Crippen molar-refractivity contribution in [3.63, 3.8) is 0 Å². The van der Waals surface area contributed by atoms with Gasteiger partial charge in [0.1, 0.15) is 10.6 Å². The SMILES string of the molecule is Cc1nsc(N(C)C(=O)C2CC(C)CCN2)c1C(=O)O. The van der Waals surface area contributed by atoms with Crippen LogP contribution in [0, 0.1) is 12.8 Å². The van der Waals surface area contributed by atoms with Crippen LogP contribution in [0.5, 0.6) is 0 Å². The fourth-order valence-corrected chi connectivity index (χ4v) is 3.32. The van der Waals surface area contributed by atoms with Gasteiger partial charge in [-0.05, 0) is 43.8 Å². The lowest BCUT2D eigenvalue weighted by Crippen LogP contribution is -2.49. The standard InChI is InChI=1S/C13H19N3O3S/c1-7-4-5-14-9(6-7)11(17)16(3)12-10(13(18)19)8(2)15-20-12/h7,9,14H,4-6H2,1-3H3,(H,18,19). The Kier molecular flexibility index (Phi) is 4.39. The van der Waals surface area contributed by atoms with Crippen molar-refractivity contribution < 1.29 is 14.7 Å². The number of carbonyl (C=O) groups excluding carboxylic acids is 1. The molecule has 7 heteroatoms. The maximum Gasteiger partial charge on any atom is 0.340 e. The molecule has 2 heterocycles. The van der Waals surface area contributed by atoms with Crippen molar-refractivity contribution in [2.75, 3.05) is 18.5 Å². The Morgan fingerprint density at radius 2 is 2.20 bits per heavy atom. The molecule has 2 N–H and O–H groups in total. The van der Waals surface area contributed by atoms with E-state index in [1.165, 1.54) is 4.90 Å². The number of likely N-dealkylation sites (N-methyl/N-ethyl adjacent to an activating group) is 1. The quantitative estimate of drug-likeness (QED) is 0.883. The molecule has 1 aliphatic heterocycles. The highest BCUT2D eigenvalue weighted by molar-refractivity contribution is 7.11. The molecule has 1 aromatic rings. The first kappa shape index (κ1) is 14.9. The van der Waals surface area contributed by atoms with Crippen LogP contribution >= 0.6 is 11.5 Å². The minimum atomic E-state index is -1.05. The van der Waals surface area contributed by atoms with Crippen molar-refractivity contribution in [2.24, 2.45) is 5.92 Å². The highest BCUT2D eigenvalue weighted by Gasteiger charge is 2.30. The monoisotopic (exact) mass is 297 g/mol. The Morgan fingerprint density at radius 3 is 2.80 bits per heavy atom. The summed E-state index contributed by atoms with van der Waals surface area (Å²) in [5, 5.41) is 12.8. The summed E-state index contributed by atoms with van der Waals surface area (Å²) >= 11 is 1.05. The van der Waals surface area contributed by atoms with Crippen LogP contribution in [0.1, 0.15) is 35.8 Å². The smallest absolute Gasteiger partial charge is 0.340 e. The highest BCUT2D eigenvalue weighted by Crippen LogP contribution is 2.29. The van der Waals surface area contributed by atoms with E-state index in [-0.39, 0.29) is 17.5 Å². The van der Waals surface area contributed by atoms with Crippen LogP contribution in [0.2, 0.25) is 0 Å². The minimum absolute atomic E-state index is 0.0947. The molecule has 1 amide bonds. The molecule has 1 saturated heterocycles. The average Bonchev–Trinajstić information content (AvgIpc) is 2.79. The molecule has 0 bridgehead atoms. The molecule has 0 radical (unpaired) electrons. The summed E-state index contributed by atoms with van der Waals surface area (Å²) in [7, 11) is 1.61. The molecule has 110 valence electrons. The van der Waals surface area contributed by atoms with Gasteiger partial charge in [-0.25, -0.2) is 4.79 Å². The molecule has 2 unspecified atom stereocenters. The zero-order valence-corrected chi connectivity index (χ0v) is 12.7. The number of aromatic nitrogens is 1. The molecule has 0 spiro atoms. The third-order valence-electron chi connectivity index (χ3n) is 3.66. The Bertz CT molecular complexity index is 529. The number of aryl methyl sites for hydroxylation is 1. The first-order valence-corrected chi connectivity index (χ1v) is 7.39. The molecule has 1 aromatic heterocycles. The summed E-state index contributed by atoms with van der Waals surface area (Å²) in [4.78, 5) is 25.2. The van der Waals surface area contributed by atoms with Crippen LogP contribution in [0.3, 0.4) is 0 Å². The van der Waals surface area contributed by atoms with Crippen LogP contribution in [-0.2, 0) is 4.79 Å². The van der Waals surface area contributed by atoms with Crippen molar-refractivity contribution in [1.29, 1.82) is 0 Å². The number of carbonyl (C=O) groups is 2. The van der Waals surface area contributed by atoms with Gasteiger partial charge < -0.3 is 15.3 Å². The molecule has 0 aliphatic carbocycles. The van der Waals surface area contributed by atoms with Crippen LogP contribution in [-0.4, -0.2) is 41.0 Å². The van der Waals surface area contributed by atoms with Gasteiger partial charge in [0.05, 0.1) is 11.7 Å². The van der Waals surface area contributed by atoms with Gasteiger partial charge in [-0.3, -0.25) is 4.79 Å². The average molecular weight is 297 g/mol. The van der Waals surface area contributed by atoms with Crippen molar-refractivity contribution in [3.05, 3.63) is 11.3 Å². The van der Waals surface area contributed by atoms with E-state index < -0.39 is 5.97 Å². The zero-order valence-electron chi connectivity index (χ0n) is 11.8. The second kappa shape index (κ2) is 5.88. The molecule has 1 fully saturated rings. The molecular weight excluding hydrogens is 278 g/mol. The summed E-state index contributed by atoms with van der Waals surface area (Å²) in [6.07, 6.45) is 1.84. The summed E-state index contributed by atoms with van der Waals surface area (Å²) in [6, 6.07) is -0.243. The van der Waals surface area contributed by atoms with Crippen LogP contribution < -0.4 is 10.2 Å². The van der Waals surface area contributed by atoms with Gasteiger partial charge >= 0.3 is 5.97 Å². The predicted molar refractivity (Wildman–Crippen MR) is 77.4 cm³/mol. The molecule has 0 aromatic carbocycles. The van der Waals surface area contributed by atoms with Crippen molar-refractivity contribution in [1.82, 2.24) is 9.69 Å². The number of anilines is 1. The second-order valence-corrected chi connectivity index (χ2v) is 6.04. The van der Waals surface area contributed by atoms with Crippen molar-refractivity contribution in [3.8, 4) is 0 Å². The Labute approximate surface area is 122 Å². The number of piperidine rings is 1. The van der Waals surface area contributed by atoms with Gasteiger partial charge in [0.2, 0.25) is 5.91 Å². The van der Waals surface area contributed by atoms with Gasteiger partial charge in [-0.15, -0.1) is 0 Å². The van der Waals surface area contributed by atoms with Crippen LogP contribution in [0.15, 0.2) is 0 Å². The fourth-order valence-electron chi connectivity index (χ4n) is 2.46. The van der Waals surface area contributed by atoms with Crippen molar-refractivity contribution in [2.45, 2.75) is 32.7 Å². The number of nitrogens with zero attached hydrogens (tertiary/aromatic N) is 2. The summed E-state index contributed by atoms with van der Waals surface area (Å²) in [5.41, 5.74) is 0.567. The van der Waals surface area contributed by atoms with Crippen LogP contribution in [0.25, 0.3) is 0 Å². The maximum atomic E-state index is 12.5. The minimum Gasteiger partial charge on any atom is -0.478 e. The van der Waals surface area contributed by atoms with Crippen molar-refractivity contribution >= 4 is 28.4 Å². The number of rotatable bonds is 3. The van der Waals surface area contributed by atoms with E-state index in [2.05, 4.69) is 16.6 Å². The topological polar surface area (TPSA) is 82.5 Å². The number of hydrogen-bond acceptors (Lipinski definition) is 5. The number of hydrogen-bond donors (Lipinski definition) is 2. The second-order valence-electron chi connectivity index (χ2n) is 5.29. The van der Waals surface area contributed by atoms with Gasteiger partial charge in [-0.2, -0.15) is 4.37 Å². The predicted octanol–water partition coefficient (Wildman–Crippen LogP) is 1.50. The fraction of sp³-hybridized carbons (Fsp3) is 0.615. The van der Waals surface area contributed by atoms with Gasteiger partial charge in [0, 0.05) is 7.05 Å². The van der Waals surface area contributed by atoms with E-state index in [0.717, 1.165) is 30.9 Å². The van der Waals surface area contributed by atoms with E-state index >= 15 is 0 Å². The lowest BCUT2D eigenvalue weighted by molar-refractivity contribution is -0.121. The molecule has 6 nitrogen and oxygen atoms in total. The molecular formula is C13H19N3O3S. The largest absolute Gasteiger partial charge is 0.478 e. The Balaban J connectivity index is 2.20. The van der Waals surface area contributed by atoms with Gasteiger partial charge in [0.25, 0.3) is 0 Å². The Morgan fingerprint density at radius 1 is 1.50 bits per heavy atom. The highest BCUT2D eigenvalue weighted by atomic mass is 32.1. The number of aromatic carboxylic acids is 1. The number of carboxylic acid groups (broad SMARTS) is 1. The molecule has 1 aliphatic rings. The normalized spacial score (nSPS) is 22.6. The van der Waals surface area contributed by atoms with E-state index in [1.54, 1.807) is 14.0 Å². The third kappa shape index (κ3) is 2.83. The maximum absolute atomic E-state index is 12.5. The van der Waals surface area contributed by atoms with E-state index in [9.17, 15) is 14.7 Å². The van der Waals surface area contributed by atoms with Crippen LogP contribution in [0.4, 0.5) is 5.00 Å². The molecule has 2 atom stereocenters. The molecule has 0 saturated carbocycles. The summed E-state index contributed by atoms with van der Waals surface area (Å²) in [5.74, 6) is -0.640. The van der Waals surface area contributed by atoms with E-state index in [1.807, 2.05) is 0 Å². The zero-order chi connectivity index (χ0) is 14.9. The Hall–Kier alpha value is -1.47. The first-order valence-electron chi connectivity index (χ1n) is 6.62. The lowest BCUT2D eigenvalue weighted by atomic mass is 9.93.